The molecule has 10 nitrogen and oxygen atoms in total. The Kier molecular flexibility index (Phi) is 13.5. The molecule has 1 aliphatic rings. The van der Waals surface area contributed by atoms with E-state index in [2.05, 4.69) is 37.3 Å². The maximum Gasteiger partial charge on any atom is 0.493 e. The van der Waals surface area contributed by atoms with Gasteiger partial charge in [0.1, 0.15) is 15.6 Å². The fourth-order valence-electron chi connectivity index (χ4n) is 3.98. The molecule has 34 heavy (non-hydrogen) atoms. The summed E-state index contributed by atoms with van der Waals surface area (Å²) in [6.45, 7) is 19.3. The van der Waals surface area contributed by atoms with Crippen LogP contribution in [0.25, 0.3) is 0 Å². The van der Waals surface area contributed by atoms with Crippen molar-refractivity contribution in [3.8, 4) is 0 Å². The highest BCUT2D eigenvalue weighted by atomic mass is 28.5. The Labute approximate surface area is 213 Å². The second-order valence-electron chi connectivity index (χ2n) is 10.9. The molecule has 2 atom stereocenters. The first-order valence-corrected chi connectivity index (χ1v) is 25.9. The standard InChI is InChI=1S/C18H50BN3O7Si5/c1-24-31(4,5)27-33(8,17-9-11-21-12-10-20)28-32(6,7)29-34(23,26-30(2,3)19)18-22-13-15-25-16-14-22/h21,23H,9-20H2,1-8H3. The van der Waals surface area contributed by atoms with Gasteiger partial charge in [0.25, 0.3) is 0 Å². The molecule has 0 aromatic rings. The molecule has 2 unspecified atom stereocenters. The van der Waals surface area contributed by atoms with Crippen molar-refractivity contribution in [3.63, 3.8) is 0 Å². The second-order valence-corrected chi connectivity index (χ2v) is 28.9. The molecule has 4 N–H and O–H groups in total. The Morgan fingerprint density at radius 1 is 0.941 bits per heavy atom. The van der Waals surface area contributed by atoms with E-state index in [4.69, 9.17) is 31.4 Å². The first-order chi connectivity index (χ1) is 15.5. The van der Waals surface area contributed by atoms with Crippen molar-refractivity contribution in [2.24, 2.45) is 5.73 Å². The Morgan fingerprint density at radius 3 is 2.06 bits per heavy atom. The number of nitrogens with one attached hydrogen (secondary N) is 1. The van der Waals surface area contributed by atoms with Gasteiger partial charge in [0, 0.05) is 33.3 Å². The molecule has 1 heterocycles. The first kappa shape index (κ1) is 32.8. The Morgan fingerprint density at radius 2 is 1.53 bits per heavy atom. The van der Waals surface area contributed by atoms with Crippen LogP contribution in [0.5, 0.6) is 0 Å². The molecular formula is C18H50BN3O7Si5. The van der Waals surface area contributed by atoms with Gasteiger partial charge in [0.05, 0.1) is 19.4 Å². The summed E-state index contributed by atoms with van der Waals surface area (Å²) in [5, 5.41) is 3.34. The molecule has 0 radical (unpaired) electrons. The summed E-state index contributed by atoms with van der Waals surface area (Å²) >= 11 is 0. The zero-order valence-electron chi connectivity index (χ0n) is 23.0. The van der Waals surface area contributed by atoms with Crippen LogP contribution in [0.4, 0.5) is 0 Å². The van der Waals surface area contributed by atoms with Gasteiger partial charge in [-0.3, -0.25) is 4.90 Å². The molecule has 0 aromatic carbocycles. The monoisotopic (exact) mass is 571 g/mol. The molecule has 1 saturated heterocycles. The lowest BCUT2D eigenvalue weighted by Crippen LogP contribution is -2.66. The third-order valence-corrected chi connectivity index (χ3v) is 22.6. The van der Waals surface area contributed by atoms with Crippen LogP contribution < -0.4 is 11.1 Å². The lowest BCUT2D eigenvalue weighted by molar-refractivity contribution is 0.0375. The molecule has 1 rings (SSSR count). The Hall–Kier alpha value is 0.749. The van der Waals surface area contributed by atoms with Crippen molar-refractivity contribution in [1.29, 1.82) is 0 Å². The SMILES string of the molecule is B[Si](C)(C)O[Si](O)(CN1CCOCC1)O[Si](C)(C)O[Si](C)(CCCNCCN)O[Si](C)(C)OC. The van der Waals surface area contributed by atoms with Crippen LogP contribution in [0.15, 0.2) is 0 Å². The third-order valence-electron chi connectivity index (χ3n) is 5.12. The summed E-state index contributed by atoms with van der Waals surface area (Å²) in [5.41, 5.74) is 5.59. The van der Waals surface area contributed by atoms with Gasteiger partial charge in [-0.25, -0.2) is 0 Å². The average molecular weight is 572 g/mol. The number of hydrogen-bond acceptors (Lipinski definition) is 10. The van der Waals surface area contributed by atoms with Crippen LogP contribution >= 0.6 is 0 Å². The van der Waals surface area contributed by atoms with Gasteiger partial charge in [-0.1, -0.05) is 13.1 Å². The largest absolute Gasteiger partial charge is 0.493 e. The minimum Gasteiger partial charge on any atom is -0.423 e. The van der Waals surface area contributed by atoms with Gasteiger partial charge in [0.2, 0.25) is 0 Å². The number of nitrogens with zero attached hydrogens (tertiary/aromatic N) is 1. The summed E-state index contributed by atoms with van der Waals surface area (Å²) in [7, 11) is -9.70. The minimum absolute atomic E-state index is 0.390. The van der Waals surface area contributed by atoms with Crippen molar-refractivity contribution in [3.05, 3.63) is 0 Å². The smallest absolute Gasteiger partial charge is 0.423 e. The van der Waals surface area contributed by atoms with Crippen LogP contribution in [0.1, 0.15) is 6.42 Å². The normalized spacial score (nSPS) is 20.2. The molecule has 0 amide bonds. The van der Waals surface area contributed by atoms with E-state index >= 15 is 0 Å². The van der Waals surface area contributed by atoms with Gasteiger partial charge < -0.3 is 41.5 Å². The molecule has 0 bridgehead atoms. The molecular weight excluding hydrogens is 521 g/mol. The van der Waals surface area contributed by atoms with Crippen LogP contribution in [0, 0.1) is 0 Å². The topological polar surface area (TPSA) is 117 Å². The van der Waals surface area contributed by atoms with E-state index in [1.54, 1.807) is 7.11 Å². The number of ether oxygens (including phenoxy) is 1. The maximum atomic E-state index is 11.7. The van der Waals surface area contributed by atoms with E-state index in [1.165, 1.54) is 0 Å². The highest BCUT2D eigenvalue weighted by Gasteiger charge is 2.51. The van der Waals surface area contributed by atoms with E-state index in [1.807, 2.05) is 26.2 Å². The molecule has 0 aromatic heterocycles. The number of rotatable bonds is 17. The molecule has 16 heteroatoms. The Balaban J connectivity index is 3.01. The van der Waals surface area contributed by atoms with Crippen LogP contribution in [-0.2, 0) is 25.6 Å². The fraction of sp³-hybridized carbons (Fsp3) is 1.00. The van der Waals surface area contributed by atoms with Crippen molar-refractivity contribution in [2.45, 2.75) is 58.3 Å². The van der Waals surface area contributed by atoms with Crippen molar-refractivity contribution in [1.82, 2.24) is 10.2 Å². The predicted molar refractivity (Wildman–Crippen MR) is 151 cm³/mol. The van der Waals surface area contributed by atoms with Gasteiger partial charge in [-0.15, -0.1) is 0 Å². The lowest BCUT2D eigenvalue weighted by atomic mass is 10.5. The van der Waals surface area contributed by atoms with Crippen molar-refractivity contribution >= 4 is 50.1 Å². The summed E-state index contributed by atoms with van der Waals surface area (Å²) in [5.74, 6) is 0. The van der Waals surface area contributed by atoms with Crippen LogP contribution in [-0.4, -0.2) is 119 Å². The summed E-state index contributed by atoms with van der Waals surface area (Å²) in [6, 6.07) is 0.794. The molecule has 0 spiro atoms. The molecule has 0 aliphatic carbocycles. The summed E-state index contributed by atoms with van der Waals surface area (Å²) in [4.78, 5) is 13.9. The first-order valence-electron chi connectivity index (χ1n) is 12.3. The van der Waals surface area contributed by atoms with Crippen LogP contribution in [0.3, 0.4) is 0 Å². The lowest BCUT2D eigenvalue weighted by Gasteiger charge is -2.43. The van der Waals surface area contributed by atoms with Crippen molar-refractivity contribution in [2.75, 3.05) is 59.2 Å². The van der Waals surface area contributed by atoms with Gasteiger partial charge >= 0.3 is 34.5 Å². The Bertz CT molecular complexity index is 603. The van der Waals surface area contributed by atoms with Gasteiger partial charge in [0.15, 0.2) is 0 Å². The van der Waals surface area contributed by atoms with Crippen LogP contribution in [0.2, 0.25) is 51.9 Å². The number of morpholine rings is 1. The zero-order chi connectivity index (χ0) is 26.1. The second kappa shape index (κ2) is 14.1. The fourth-order valence-corrected chi connectivity index (χ4v) is 24.2. The average Bonchev–Trinajstić information content (AvgIpc) is 2.65. The molecule has 202 valence electrons. The van der Waals surface area contributed by atoms with E-state index in [0.717, 1.165) is 38.6 Å². The summed E-state index contributed by atoms with van der Waals surface area (Å²) in [6.07, 6.45) is 1.29. The maximum absolute atomic E-state index is 11.7. The van der Waals surface area contributed by atoms with Gasteiger partial charge in [-0.05, 0) is 51.7 Å². The van der Waals surface area contributed by atoms with E-state index in [0.29, 0.717) is 25.9 Å². The third kappa shape index (κ3) is 13.9. The molecule has 1 aliphatic heterocycles. The zero-order valence-corrected chi connectivity index (χ0v) is 28.0. The van der Waals surface area contributed by atoms with E-state index < -0.39 is 42.7 Å². The highest BCUT2D eigenvalue weighted by molar-refractivity contribution is 7.14. The quantitative estimate of drug-likeness (QED) is 0.166. The number of nitrogens with two attached hydrogens (primary N) is 1. The van der Waals surface area contributed by atoms with E-state index in [9.17, 15) is 4.80 Å². The highest BCUT2D eigenvalue weighted by Crippen LogP contribution is 2.28. The number of hydrogen-bond donors (Lipinski definition) is 3. The van der Waals surface area contributed by atoms with E-state index in [-0.39, 0.29) is 0 Å². The summed E-state index contributed by atoms with van der Waals surface area (Å²) < 4.78 is 37.4. The van der Waals surface area contributed by atoms with Gasteiger partial charge in [-0.2, -0.15) is 0 Å². The predicted octanol–water partition coefficient (Wildman–Crippen LogP) is 0.251. The molecule has 0 saturated carbocycles. The minimum atomic E-state index is -3.53. The molecule has 1 fully saturated rings. The van der Waals surface area contributed by atoms with Crippen molar-refractivity contribution < 1.29 is 30.4 Å².